The molecule has 0 saturated heterocycles. The molecule has 0 aliphatic rings. The van der Waals surface area contributed by atoms with E-state index in [1.165, 1.54) is 5.56 Å². The van der Waals surface area contributed by atoms with E-state index in [2.05, 4.69) is 17.0 Å². The Labute approximate surface area is 113 Å². The molecule has 0 saturated carbocycles. The largest absolute Gasteiger partial charge is 0.497 e. The van der Waals surface area contributed by atoms with Crippen molar-refractivity contribution in [2.45, 2.75) is 13.1 Å². The highest BCUT2D eigenvalue weighted by atomic mass is 16.5. The minimum atomic E-state index is 0.761. The molecule has 0 unspecified atom stereocenters. The number of hydrogen-bond donors (Lipinski definition) is 1. The molecule has 19 heavy (non-hydrogen) atoms. The van der Waals surface area contributed by atoms with E-state index in [-0.39, 0.29) is 0 Å². The molecular formula is C14H20N4O. The number of hydrogen-bond acceptors (Lipinski definition) is 4. The Kier molecular flexibility index (Phi) is 4.06. The topological polar surface area (TPSA) is 56.3 Å². The number of methoxy groups -OCH3 is 1. The highest BCUT2D eigenvalue weighted by Gasteiger charge is 2.07. The number of nitrogen functional groups attached to an aromatic ring is 1. The molecular weight excluding hydrogens is 240 g/mol. The Hall–Kier alpha value is -2.01. The molecule has 102 valence electrons. The molecule has 0 radical (unpaired) electrons. The second-order valence-electron chi connectivity index (χ2n) is 4.76. The maximum atomic E-state index is 6.02. The van der Waals surface area contributed by atoms with Gasteiger partial charge in [0.25, 0.3) is 0 Å². The molecule has 0 amide bonds. The van der Waals surface area contributed by atoms with Gasteiger partial charge in [0.2, 0.25) is 0 Å². The molecule has 5 heteroatoms. The molecule has 1 aromatic heterocycles. The summed E-state index contributed by atoms with van der Waals surface area (Å²) in [6.07, 6.45) is 3.90. The Morgan fingerprint density at radius 2 is 2.16 bits per heavy atom. The van der Waals surface area contributed by atoms with Crippen molar-refractivity contribution in [3.63, 3.8) is 0 Å². The fourth-order valence-corrected chi connectivity index (χ4v) is 2.06. The highest BCUT2D eigenvalue weighted by molar-refractivity contribution is 5.51. The first kappa shape index (κ1) is 13.4. The van der Waals surface area contributed by atoms with Crippen LogP contribution in [0.15, 0.2) is 30.6 Å². The van der Waals surface area contributed by atoms with Crippen LogP contribution in [0.5, 0.6) is 5.75 Å². The Bertz CT molecular complexity index is 550. The standard InChI is InChI=1S/C14H20N4O/c1-17(8-11-7-16-18(2)9-11)10-12-4-5-13(19-3)6-14(12)15/h4-7,9H,8,10,15H2,1-3H3. The predicted molar refractivity (Wildman–Crippen MR) is 75.8 cm³/mol. The third-order valence-corrected chi connectivity index (χ3v) is 3.00. The molecule has 0 spiro atoms. The molecule has 0 aliphatic heterocycles. The maximum absolute atomic E-state index is 6.02. The van der Waals surface area contributed by atoms with E-state index in [1.807, 2.05) is 42.3 Å². The summed E-state index contributed by atoms with van der Waals surface area (Å²) < 4.78 is 6.96. The van der Waals surface area contributed by atoms with Crippen molar-refractivity contribution >= 4 is 5.69 Å². The molecule has 1 aromatic carbocycles. The van der Waals surface area contributed by atoms with Gasteiger partial charge in [-0.1, -0.05) is 6.07 Å². The average Bonchev–Trinajstić information content (AvgIpc) is 2.77. The number of aryl methyl sites for hydroxylation is 1. The van der Waals surface area contributed by atoms with Crippen molar-refractivity contribution in [2.75, 3.05) is 19.9 Å². The fraction of sp³-hybridized carbons (Fsp3) is 0.357. The van der Waals surface area contributed by atoms with E-state index in [9.17, 15) is 0 Å². The number of anilines is 1. The van der Waals surface area contributed by atoms with Gasteiger partial charge in [-0.2, -0.15) is 5.10 Å². The van der Waals surface area contributed by atoms with Crippen molar-refractivity contribution in [3.8, 4) is 5.75 Å². The summed E-state index contributed by atoms with van der Waals surface area (Å²) in [5, 5.41) is 4.17. The van der Waals surface area contributed by atoms with Crippen LogP contribution in [0, 0.1) is 0 Å². The van der Waals surface area contributed by atoms with Gasteiger partial charge < -0.3 is 10.5 Å². The summed E-state index contributed by atoms with van der Waals surface area (Å²) in [6, 6.07) is 5.80. The number of aromatic nitrogens is 2. The minimum absolute atomic E-state index is 0.761. The molecule has 1 heterocycles. The zero-order chi connectivity index (χ0) is 13.8. The van der Waals surface area contributed by atoms with E-state index in [0.717, 1.165) is 30.1 Å². The van der Waals surface area contributed by atoms with Gasteiger partial charge in [-0.05, 0) is 18.7 Å². The maximum Gasteiger partial charge on any atom is 0.120 e. The molecule has 5 nitrogen and oxygen atoms in total. The normalized spacial score (nSPS) is 10.9. The second-order valence-corrected chi connectivity index (χ2v) is 4.76. The lowest BCUT2D eigenvalue weighted by Gasteiger charge is -2.17. The van der Waals surface area contributed by atoms with Gasteiger partial charge in [-0.3, -0.25) is 9.58 Å². The Morgan fingerprint density at radius 3 is 2.74 bits per heavy atom. The summed E-state index contributed by atoms with van der Waals surface area (Å²) >= 11 is 0. The van der Waals surface area contributed by atoms with E-state index in [4.69, 9.17) is 10.5 Å². The first-order chi connectivity index (χ1) is 9.08. The summed E-state index contributed by atoms with van der Waals surface area (Å²) in [6.45, 7) is 1.64. The lowest BCUT2D eigenvalue weighted by molar-refractivity contribution is 0.319. The zero-order valence-electron chi connectivity index (χ0n) is 11.6. The van der Waals surface area contributed by atoms with Crippen LogP contribution in [0.2, 0.25) is 0 Å². The van der Waals surface area contributed by atoms with Crippen LogP contribution in [0.3, 0.4) is 0 Å². The lowest BCUT2D eigenvalue weighted by Crippen LogP contribution is -2.17. The number of benzene rings is 1. The molecule has 0 atom stereocenters. The van der Waals surface area contributed by atoms with Crippen molar-refractivity contribution < 1.29 is 4.74 Å². The third-order valence-electron chi connectivity index (χ3n) is 3.00. The van der Waals surface area contributed by atoms with Crippen molar-refractivity contribution in [3.05, 3.63) is 41.7 Å². The summed E-state index contributed by atoms with van der Waals surface area (Å²) in [4.78, 5) is 2.20. The van der Waals surface area contributed by atoms with Crippen LogP contribution in [0.1, 0.15) is 11.1 Å². The number of rotatable bonds is 5. The first-order valence-electron chi connectivity index (χ1n) is 6.17. The van der Waals surface area contributed by atoms with Crippen LogP contribution in [0.25, 0.3) is 0 Å². The van der Waals surface area contributed by atoms with Gasteiger partial charge in [0, 0.05) is 43.7 Å². The SMILES string of the molecule is COc1ccc(CN(C)Cc2cnn(C)c2)c(N)c1. The zero-order valence-corrected chi connectivity index (χ0v) is 11.6. The summed E-state index contributed by atoms with van der Waals surface area (Å²) in [5.74, 6) is 0.788. The molecule has 2 N–H and O–H groups in total. The molecule has 0 aliphatic carbocycles. The predicted octanol–water partition coefficient (Wildman–Crippen LogP) is 1.64. The van der Waals surface area contributed by atoms with Crippen molar-refractivity contribution in [1.82, 2.24) is 14.7 Å². The molecule has 0 bridgehead atoms. The molecule has 2 aromatic rings. The van der Waals surface area contributed by atoms with Gasteiger partial charge in [0.15, 0.2) is 0 Å². The number of nitrogens with zero attached hydrogens (tertiary/aromatic N) is 3. The van der Waals surface area contributed by atoms with Gasteiger partial charge in [0.1, 0.15) is 5.75 Å². The van der Waals surface area contributed by atoms with E-state index in [0.29, 0.717) is 0 Å². The Morgan fingerprint density at radius 1 is 1.37 bits per heavy atom. The summed E-state index contributed by atoms with van der Waals surface area (Å²) in [7, 11) is 5.63. The van der Waals surface area contributed by atoms with Gasteiger partial charge in [-0.25, -0.2) is 0 Å². The number of nitrogens with two attached hydrogens (primary N) is 1. The van der Waals surface area contributed by atoms with Gasteiger partial charge in [-0.15, -0.1) is 0 Å². The lowest BCUT2D eigenvalue weighted by atomic mass is 10.1. The van der Waals surface area contributed by atoms with Crippen LogP contribution in [-0.2, 0) is 20.1 Å². The fourth-order valence-electron chi connectivity index (χ4n) is 2.06. The van der Waals surface area contributed by atoms with Gasteiger partial charge in [0.05, 0.1) is 13.3 Å². The Balaban J connectivity index is 2.00. The van der Waals surface area contributed by atoms with E-state index in [1.54, 1.807) is 7.11 Å². The monoisotopic (exact) mass is 260 g/mol. The van der Waals surface area contributed by atoms with Crippen LogP contribution in [0.4, 0.5) is 5.69 Å². The molecule has 2 rings (SSSR count). The van der Waals surface area contributed by atoms with Gasteiger partial charge >= 0.3 is 0 Å². The smallest absolute Gasteiger partial charge is 0.120 e. The summed E-state index contributed by atoms with van der Waals surface area (Å²) in [5.41, 5.74) is 9.08. The minimum Gasteiger partial charge on any atom is -0.497 e. The second kappa shape index (κ2) is 5.75. The van der Waals surface area contributed by atoms with Crippen LogP contribution in [-0.4, -0.2) is 28.8 Å². The quantitative estimate of drug-likeness (QED) is 0.830. The van der Waals surface area contributed by atoms with E-state index < -0.39 is 0 Å². The average molecular weight is 260 g/mol. The van der Waals surface area contributed by atoms with E-state index >= 15 is 0 Å². The molecule has 0 fully saturated rings. The van der Waals surface area contributed by atoms with Crippen LogP contribution >= 0.6 is 0 Å². The third kappa shape index (κ3) is 3.48. The van der Waals surface area contributed by atoms with Crippen molar-refractivity contribution in [2.24, 2.45) is 7.05 Å². The number of ether oxygens (including phenoxy) is 1. The first-order valence-corrected chi connectivity index (χ1v) is 6.17. The van der Waals surface area contributed by atoms with Crippen molar-refractivity contribution in [1.29, 1.82) is 0 Å². The van der Waals surface area contributed by atoms with Crippen LogP contribution < -0.4 is 10.5 Å². The highest BCUT2D eigenvalue weighted by Crippen LogP contribution is 2.21.